The monoisotopic (exact) mass is 228 g/mol. The number of H-pyrrole nitrogens is 1. The van der Waals surface area contributed by atoms with E-state index in [1.54, 1.807) is 12.3 Å². The van der Waals surface area contributed by atoms with Crippen LogP contribution in [0.1, 0.15) is 0 Å². The van der Waals surface area contributed by atoms with Crippen LogP contribution in [0.3, 0.4) is 0 Å². The van der Waals surface area contributed by atoms with Crippen molar-refractivity contribution in [2.75, 3.05) is 5.73 Å². The molecule has 7 nitrogen and oxygen atoms in total. The van der Waals surface area contributed by atoms with E-state index in [2.05, 4.69) is 25.3 Å². The van der Waals surface area contributed by atoms with Crippen LogP contribution in [0.15, 0.2) is 35.1 Å². The first-order valence-corrected chi connectivity index (χ1v) is 4.89. The van der Waals surface area contributed by atoms with Crippen molar-refractivity contribution in [1.29, 1.82) is 0 Å². The van der Waals surface area contributed by atoms with Gasteiger partial charge in [0.15, 0.2) is 0 Å². The summed E-state index contributed by atoms with van der Waals surface area (Å²) >= 11 is 0. The van der Waals surface area contributed by atoms with Gasteiger partial charge in [0.1, 0.15) is 17.1 Å². The van der Waals surface area contributed by atoms with Crippen molar-refractivity contribution in [2.24, 2.45) is 0 Å². The van der Waals surface area contributed by atoms with Gasteiger partial charge in [-0.2, -0.15) is 10.1 Å². The molecule has 0 saturated carbocycles. The van der Waals surface area contributed by atoms with Crippen molar-refractivity contribution < 1.29 is 4.52 Å². The van der Waals surface area contributed by atoms with Crippen LogP contribution in [-0.4, -0.2) is 25.3 Å². The second-order valence-corrected chi connectivity index (χ2v) is 3.34. The normalized spacial score (nSPS) is 10.6. The molecule has 0 spiro atoms. The SMILES string of the molecule is Nc1[nH]ncc1-c1nc(-c2ccccn2)no1. The molecule has 3 aromatic heterocycles. The molecule has 0 aliphatic heterocycles. The third kappa shape index (κ3) is 1.63. The first kappa shape index (κ1) is 9.52. The Morgan fingerprint density at radius 3 is 2.94 bits per heavy atom. The lowest BCUT2D eigenvalue weighted by Gasteiger charge is -1.90. The molecule has 3 rings (SSSR count). The highest BCUT2D eigenvalue weighted by molar-refractivity contribution is 5.67. The maximum Gasteiger partial charge on any atom is 0.263 e. The Labute approximate surface area is 95.7 Å². The van der Waals surface area contributed by atoms with Crippen LogP contribution in [0.4, 0.5) is 5.82 Å². The lowest BCUT2D eigenvalue weighted by Crippen LogP contribution is -1.88. The summed E-state index contributed by atoms with van der Waals surface area (Å²) in [6.45, 7) is 0. The molecule has 0 unspecified atom stereocenters. The van der Waals surface area contributed by atoms with Crippen molar-refractivity contribution in [2.45, 2.75) is 0 Å². The number of aromatic nitrogens is 5. The molecule has 7 heteroatoms. The van der Waals surface area contributed by atoms with Crippen molar-refractivity contribution in [1.82, 2.24) is 25.3 Å². The predicted octanol–water partition coefficient (Wildman–Crippen LogP) is 1.10. The van der Waals surface area contributed by atoms with Gasteiger partial charge in [0.25, 0.3) is 5.89 Å². The summed E-state index contributed by atoms with van der Waals surface area (Å²) in [5.41, 5.74) is 6.89. The van der Waals surface area contributed by atoms with Crippen LogP contribution < -0.4 is 5.73 Å². The number of nitrogens with zero attached hydrogens (tertiary/aromatic N) is 4. The molecular weight excluding hydrogens is 220 g/mol. The highest BCUT2D eigenvalue weighted by atomic mass is 16.5. The summed E-state index contributed by atoms with van der Waals surface area (Å²) in [6.07, 6.45) is 3.20. The Balaban J connectivity index is 2.02. The van der Waals surface area contributed by atoms with Crippen LogP contribution >= 0.6 is 0 Å². The Morgan fingerprint density at radius 2 is 2.24 bits per heavy atom. The number of nitrogens with two attached hydrogens (primary N) is 1. The predicted molar refractivity (Wildman–Crippen MR) is 59.5 cm³/mol. The molecule has 0 amide bonds. The Morgan fingerprint density at radius 1 is 1.29 bits per heavy atom. The average molecular weight is 228 g/mol. The van der Waals surface area contributed by atoms with Crippen LogP contribution in [0, 0.1) is 0 Å². The molecule has 0 aromatic carbocycles. The highest BCUT2D eigenvalue weighted by Gasteiger charge is 2.14. The Bertz CT molecular complexity index is 629. The third-order valence-corrected chi connectivity index (χ3v) is 2.22. The molecule has 3 heterocycles. The average Bonchev–Trinajstić information content (AvgIpc) is 2.98. The summed E-state index contributed by atoms with van der Waals surface area (Å²) in [5.74, 6) is 1.12. The molecule has 0 bridgehead atoms. The zero-order chi connectivity index (χ0) is 11.7. The fraction of sp³-hybridized carbons (Fsp3) is 0. The highest BCUT2D eigenvalue weighted by Crippen LogP contribution is 2.23. The summed E-state index contributed by atoms with van der Waals surface area (Å²) in [4.78, 5) is 8.33. The summed E-state index contributed by atoms with van der Waals surface area (Å²) < 4.78 is 5.10. The van der Waals surface area contributed by atoms with E-state index in [4.69, 9.17) is 10.3 Å². The zero-order valence-electron chi connectivity index (χ0n) is 8.66. The molecule has 0 aliphatic rings. The quantitative estimate of drug-likeness (QED) is 0.680. The van der Waals surface area contributed by atoms with E-state index in [1.807, 2.05) is 12.1 Å². The van der Waals surface area contributed by atoms with Gasteiger partial charge in [-0.15, -0.1) is 0 Å². The van der Waals surface area contributed by atoms with Crippen molar-refractivity contribution >= 4 is 5.82 Å². The summed E-state index contributed by atoms with van der Waals surface area (Å²) in [5, 5.41) is 10.2. The van der Waals surface area contributed by atoms with Gasteiger partial charge in [-0.25, -0.2) is 0 Å². The van der Waals surface area contributed by atoms with E-state index in [1.165, 1.54) is 6.20 Å². The van der Waals surface area contributed by atoms with Crippen LogP contribution in [-0.2, 0) is 0 Å². The molecule has 3 aromatic rings. The maximum atomic E-state index is 5.66. The van der Waals surface area contributed by atoms with Crippen molar-refractivity contribution in [3.05, 3.63) is 30.6 Å². The largest absolute Gasteiger partial charge is 0.383 e. The second-order valence-electron chi connectivity index (χ2n) is 3.34. The van der Waals surface area contributed by atoms with Crippen LogP contribution in [0.25, 0.3) is 23.0 Å². The third-order valence-electron chi connectivity index (χ3n) is 2.22. The minimum Gasteiger partial charge on any atom is -0.383 e. The van der Waals surface area contributed by atoms with Gasteiger partial charge < -0.3 is 10.3 Å². The zero-order valence-corrected chi connectivity index (χ0v) is 8.66. The van der Waals surface area contributed by atoms with Crippen LogP contribution in [0.2, 0.25) is 0 Å². The number of pyridine rings is 1. The van der Waals surface area contributed by atoms with Crippen LogP contribution in [0.5, 0.6) is 0 Å². The molecule has 84 valence electrons. The van der Waals surface area contributed by atoms with Gasteiger partial charge in [0, 0.05) is 6.20 Å². The van der Waals surface area contributed by atoms with Gasteiger partial charge >= 0.3 is 0 Å². The smallest absolute Gasteiger partial charge is 0.263 e. The molecule has 0 aliphatic carbocycles. The number of aromatic amines is 1. The molecular formula is C10H8N6O. The van der Waals surface area contributed by atoms with E-state index < -0.39 is 0 Å². The van der Waals surface area contributed by atoms with Gasteiger partial charge in [-0.1, -0.05) is 11.2 Å². The summed E-state index contributed by atoms with van der Waals surface area (Å²) in [7, 11) is 0. The van der Waals surface area contributed by atoms with Crippen molar-refractivity contribution in [3.8, 4) is 23.0 Å². The van der Waals surface area contributed by atoms with Gasteiger partial charge in [-0.05, 0) is 12.1 Å². The van der Waals surface area contributed by atoms with E-state index in [-0.39, 0.29) is 0 Å². The number of nitrogen functional groups attached to an aromatic ring is 1. The van der Waals surface area contributed by atoms with E-state index in [0.29, 0.717) is 28.8 Å². The van der Waals surface area contributed by atoms with E-state index >= 15 is 0 Å². The second kappa shape index (κ2) is 3.71. The molecule has 0 fully saturated rings. The number of nitrogens with one attached hydrogen (secondary N) is 1. The number of rotatable bonds is 2. The maximum absolute atomic E-state index is 5.66. The Kier molecular flexibility index (Phi) is 2.08. The number of anilines is 1. The van der Waals surface area contributed by atoms with E-state index in [9.17, 15) is 0 Å². The lowest BCUT2D eigenvalue weighted by atomic mass is 10.3. The minimum atomic E-state index is 0.317. The molecule has 0 saturated heterocycles. The van der Waals surface area contributed by atoms with Gasteiger partial charge in [0.05, 0.1) is 6.20 Å². The number of hydrogen-bond acceptors (Lipinski definition) is 6. The fourth-order valence-electron chi connectivity index (χ4n) is 1.40. The standard InChI is InChI=1S/C10H8N6O/c11-8-6(5-13-15-8)10-14-9(16-17-10)7-3-1-2-4-12-7/h1-5H,(H3,11,13,15). The van der Waals surface area contributed by atoms with Crippen molar-refractivity contribution in [3.63, 3.8) is 0 Å². The molecule has 3 N–H and O–H groups in total. The first-order valence-electron chi connectivity index (χ1n) is 4.89. The first-order chi connectivity index (χ1) is 8.34. The minimum absolute atomic E-state index is 0.317. The number of hydrogen-bond donors (Lipinski definition) is 2. The lowest BCUT2D eigenvalue weighted by molar-refractivity contribution is 0.432. The summed E-state index contributed by atoms with van der Waals surface area (Å²) in [6, 6.07) is 5.47. The molecule has 0 atom stereocenters. The van der Waals surface area contributed by atoms with E-state index in [0.717, 1.165) is 0 Å². The molecule has 0 radical (unpaired) electrons. The fourth-order valence-corrected chi connectivity index (χ4v) is 1.40. The van der Waals surface area contributed by atoms with Gasteiger partial charge in [-0.3, -0.25) is 10.1 Å². The topological polar surface area (TPSA) is 107 Å². The molecule has 17 heavy (non-hydrogen) atoms. The van der Waals surface area contributed by atoms with Gasteiger partial charge in [0.2, 0.25) is 5.82 Å². The Hall–Kier alpha value is -2.70.